The van der Waals surface area contributed by atoms with Crippen LogP contribution in [-0.4, -0.2) is 5.11 Å². The number of fused-ring (bicyclic) bond motifs is 6. The highest BCUT2D eigenvalue weighted by molar-refractivity contribution is 5.93. The summed E-state index contributed by atoms with van der Waals surface area (Å²) >= 11 is 0. The van der Waals surface area contributed by atoms with E-state index < -0.39 is 0 Å². The maximum atomic E-state index is 9.78. The van der Waals surface area contributed by atoms with E-state index >= 15 is 0 Å². The van der Waals surface area contributed by atoms with E-state index in [9.17, 15) is 5.11 Å². The summed E-state index contributed by atoms with van der Waals surface area (Å²) in [7, 11) is 0. The average molecular weight is 558 g/mol. The number of aliphatic hydroxyl groups excluding tert-OH is 1. The average Bonchev–Trinajstić information content (AvgIpc) is 3.26. The van der Waals surface area contributed by atoms with Gasteiger partial charge in [-0.3, -0.25) is 0 Å². The Bertz CT molecular complexity index is 2080. The van der Waals surface area contributed by atoms with Crippen molar-refractivity contribution in [1.29, 1.82) is 0 Å². The molecule has 0 amide bonds. The van der Waals surface area contributed by atoms with Gasteiger partial charge in [0.2, 0.25) is 0 Å². The van der Waals surface area contributed by atoms with Gasteiger partial charge in [0, 0.05) is 16.5 Å². The minimum Gasteiger partial charge on any atom is -0.392 e. The molecule has 8 rings (SSSR count). The fourth-order valence-electron chi connectivity index (χ4n) is 7.54. The summed E-state index contributed by atoms with van der Waals surface area (Å²) in [6.07, 6.45) is 0. The van der Waals surface area contributed by atoms with Crippen LogP contribution >= 0.6 is 0 Å². The van der Waals surface area contributed by atoms with Crippen LogP contribution < -0.4 is 4.90 Å². The SMILES string of the molecule is CC1(C)c2cc(CO)ccc2-c2ccc(-c3ccc4c(c3)C(C)(C)c3ccccc3N4c3ccc4ccccc4c3)cc21. The molecule has 43 heavy (non-hydrogen) atoms. The molecule has 2 nitrogen and oxygen atoms in total. The summed E-state index contributed by atoms with van der Waals surface area (Å²) in [4.78, 5) is 2.44. The molecule has 0 fully saturated rings. The summed E-state index contributed by atoms with van der Waals surface area (Å²) < 4.78 is 0. The molecule has 6 aromatic rings. The van der Waals surface area contributed by atoms with Crippen molar-refractivity contribution in [3.63, 3.8) is 0 Å². The molecule has 1 heterocycles. The van der Waals surface area contributed by atoms with Crippen molar-refractivity contribution >= 4 is 27.8 Å². The predicted molar refractivity (Wildman–Crippen MR) is 180 cm³/mol. The number of benzene rings is 6. The number of hydrogen-bond acceptors (Lipinski definition) is 2. The van der Waals surface area contributed by atoms with Crippen molar-refractivity contribution in [2.45, 2.75) is 45.1 Å². The Morgan fingerprint density at radius 1 is 0.512 bits per heavy atom. The third-order valence-corrected chi connectivity index (χ3v) is 9.98. The Labute approximate surface area is 253 Å². The van der Waals surface area contributed by atoms with Gasteiger partial charge in [-0.25, -0.2) is 0 Å². The Hall–Kier alpha value is -4.66. The van der Waals surface area contributed by atoms with Crippen LogP contribution in [0.15, 0.2) is 121 Å². The first-order chi connectivity index (χ1) is 20.8. The fourth-order valence-corrected chi connectivity index (χ4v) is 7.54. The second-order valence-electron chi connectivity index (χ2n) is 13.2. The highest BCUT2D eigenvalue weighted by Gasteiger charge is 2.38. The Morgan fingerprint density at radius 2 is 1.12 bits per heavy atom. The molecule has 1 N–H and O–H groups in total. The van der Waals surface area contributed by atoms with Gasteiger partial charge in [-0.1, -0.05) is 113 Å². The number of rotatable bonds is 3. The largest absolute Gasteiger partial charge is 0.392 e. The molecule has 0 unspecified atom stereocenters. The van der Waals surface area contributed by atoms with Gasteiger partial charge < -0.3 is 10.0 Å². The molecular formula is C41H35NO. The van der Waals surface area contributed by atoms with E-state index in [0.29, 0.717) is 0 Å². The highest BCUT2D eigenvalue weighted by Crippen LogP contribution is 2.54. The lowest BCUT2D eigenvalue weighted by Gasteiger charge is -2.42. The van der Waals surface area contributed by atoms with Gasteiger partial charge in [0.05, 0.1) is 18.0 Å². The lowest BCUT2D eigenvalue weighted by Crippen LogP contribution is -2.30. The van der Waals surface area contributed by atoms with Crippen LogP contribution in [-0.2, 0) is 17.4 Å². The maximum absolute atomic E-state index is 9.78. The van der Waals surface area contributed by atoms with Gasteiger partial charge in [0.25, 0.3) is 0 Å². The molecule has 0 saturated carbocycles. The van der Waals surface area contributed by atoms with Gasteiger partial charge in [-0.15, -0.1) is 0 Å². The molecule has 2 aliphatic rings. The van der Waals surface area contributed by atoms with Crippen LogP contribution in [0.5, 0.6) is 0 Å². The quantitative estimate of drug-likeness (QED) is 0.234. The third-order valence-electron chi connectivity index (χ3n) is 9.98. The van der Waals surface area contributed by atoms with Gasteiger partial charge in [0.15, 0.2) is 0 Å². The van der Waals surface area contributed by atoms with Crippen LogP contribution in [0, 0.1) is 0 Å². The smallest absolute Gasteiger partial charge is 0.0681 e. The molecule has 0 aromatic heterocycles. The number of anilines is 3. The first-order valence-corrected chi connectivity index (χ1v) is 15.2. The maximum Gasteiger partial charge on any atom is 0.0681 e. The molecule has 2 heteroatoms. The van der Waals surface area contributed by atoms with E-state index in [1.807, 2.05) is 6.07 Å². The van der Waals surface area contributed by atoms with E-state index in [-0.39, 0.29) is 17.4 Å². The van der Waals surface area contributed by atoms with Crippen molar-refractivity contribution in [3.8, 4) is 22.3 Å². The molecule has 0 bridgehead atoms. The Morgan fingerprint density at radius 3 is 1.91 bits per heavy atom. The fraction of sp³-hybridized carbons (Fsp3) is 0.171. The summed E-state index contributed by atoms with van der Waals surface area (Å²) in [5, 5.41) is 12.3. The number of hydrogen-bond donors (Lipinski definition) is 1. The minimum absolute atomic E-state index is 0.0647. The zero-order valence-electron chi connectivity index (χ0n) is 25.1. The van der Waals surface area contributed by atoms with E-state index in [4.69, 9.17) is 0 Å². The third kappa shape index (κ3) is 3.76. The molecule has 0 radical (unpaired) electrons. The zero-order chi connectivity index (χ0) is 29.5. The van der Waals surface area contributed by atoms with Gasteiger partial charge in [0.1, 0.15) is 0 Å². The van der Waals surface area contributed by atoms with Crippen molar-refractivity contribution in [3.05, 3.63) is 149 Å². The van der Waals surface area contributed by atoms with Crippen LogP contribution in [0.25, 0.3) is 33.0 Å². The topological polar surface area (TPSA) is 23.5 Å². The van der Waals surface area contributed by atoms with Crippen LogP contribution in [0.1, 0.15) is 55.5 Å². The molecule has 0 saturated heterocycles. The highest BCUT2D eigenvalue weighted by atomic mass is 16.3. The molecule has 210 valence electrons. The van der Waals surface area contributed by atoms with Crippen molar-refractivity contribution in [2.24, 2.45) is 0 Å². The molecule has 1 aliphatic carbocycles. The first kappa shape index (κ1) is 26.0. The number of para-hydroxylation sites is 1. The standard InChI is InChI=1S/C41H35NO/c1-40(2)34-11-7-8-12-38(34)42(31-17-14-27-9-5-6-10-28(27)22-31)39-20-16-30(24-37(39)40)29-15-19-33-32-18-13-26(25-43)21-35(32)41(3,4)36(33)23-29/h5-24,43H,25H2,1-4H3. The molecule has 0 spiro atoms. The van der Waals surface area contributed by atoms with Crippen LogP contribution in [0.4, 0.5) is 17.1 Å². The predicted octanol–water partition coefficient (Wildman–Crippen LogP) is 10.4. The van der Waals surface area contributed by atoms with E-state index in [2.05, 4.69) is 148 Å². The monoisotopic (exact) mass is 557 g/mol. The van der Waals surface area contributed by atoms with E-state index in [0.717, 1.165) is 5.56 Å². The van der Waals surface area contributed by atoms with Crippen molar-refractivity contribution in [1.82, 2.24) is 0 Å². The number of aliphatic hydroxyl groups is 1. The summed E-state index contributed by atoms with van der Waals surface area (Å²) in [6.45, 7) is 9.38. The Kier molecular flexibility index (Phi) is 5.54. The molecule has 0 atom stereocenters. The molecule has 1 aliphatic heterocycles. The number of nitrogens with zero attached hydrogens (tertiary/aromatic N) is 1. The lowest BCUT2D eigenvalue weighted by atomic mass is 9.72. The molecule has 6 aromatic carbocycles. The minimum atomic E-state index is -0.164. The van der Waals surface area contributed by atoms with Crippen LogP contribution in [0.3, 0.4) is 0 Å². The molecular weight excluding hydrogens is 522 g/mol. The normalized spacial score (nSPS) is 15.5. The summed E-state index contributed by atoms with van der Waals surface area (Å²) in [5.41, 5.74) is 14.6. The van der Waals surface area contributed by atoms with Gasteiger partial charge in [-0.05, 0) is 97.2 Å². The van der Waals surface area contributed by atoms with Crippen LogP contribution in [0.2, 0.25) is 0 Å². The summed E-state index contributed by atoms with van der Waals surface area (Å²) in [6, 6.07) is 44.6. The first-order valence-electron chi connectivity index (χ1n) is 15.2. The van der Waals surface area contributed by atoms with Gasteiger partial charge in [-0.2, -0.15) is 0 Å². The van der Waals surface area contributed by atoms with Crippen molar-refractivity contribution < 1.29 is 5.11 Å². The van der Waals surface area contributed by atoms with E-state index in [1.165, 1.54) is 72.3 Å². The van der Waals surface area contributed by atoms with Crippen molar-refractivity contribution in [2.75, 3.05) is 4.90 Å². The second-order valence-corrected chi connectivity index (χ2v) is 13.2. The Balaban J connectivity index is 1.28. The summed E-state index contributed by atoms with van der Waals surface area (Å²) in [5.74, 6) is 0. The van der Waals surface area contributed by atoms with Gasteiger partial charge >= 0.3 is 0 Å². The second kappa shape index (κ2) is 9.17. The van der Waals surface area contributed by atoms with E-state index in [1.54, 1.807) is 0 Å². The zero-order valence-corrected chi connectivity index (χ0v) is 25.1. The lowest BCUT2D eigenvalue weighted by molar-refractivity contribution is 0.281.